The third-order valence-corrected chi connectivity index (χ3v) is 3.86. The van der Waals surface area contributed by atoms with Gasteiger partial charge in [0.1, 0.15) is 24.2 Å². The second-order valence-electron chi connectivity index (χ2n) is 6.13. The minimum Gasteiger partial charge on any atom is -0.494 e. The quantitative estimate of drug-likeness (QED) is 0.686. The third kappa shape index (κ3) is 6.76. The lowest BCUT2D eigenvalue weighted by atomic mass is 10.1. The highest BCUT2D eigenvalue weighted by atomic mass is 16.5. The largest absolute Gasteiger partial charge is 0.494 e. The number of aliphatic hydroxyl groups is 1. The molecule has 1 amide bonds. The summed E-state index contributed by atoms with van der Waals surface area (Å²) in [6.07, 6.45) is 0.183. The molecule has 26 heavy (non-hydrogen) atoms. The molecule has 0 aromatic heterocycles. The highest BCUT2D eigenvalue weighted by Gasteiger charge is 2.10. The molecule has 0 fully saturated rings. The Balaban J connectivity index is 1.69. The van der Waals surface area contributed by atoms with Crippen molar-refractivity contribution >= 4 is 5.91 Å². The Kier molecular flexibility index (Phi) is 7.96. The van der Waals surface area contributed by atoms with Gasteiger partial charge in [-0.05, 0) is 49.6 Å². The molecule has 1 atom stereocenters. The van der Waals surface area contributed by atoms with Crippen LogP contribution < -0.4 is 14.8 Å². The predicted molar refractivity (Wildman–Crippen MR) is 102 cm³/mol. The third-order valence-electron chi connectivity index (χ3n) is 3.86. The molecule has 0 aliphatic heterocycles. The number of benzene rings is 2. The number of rotatable bonds is 10. The maximum absolute atomic E-state index is 12.0. The molecular formula is C21H27NO4. The van der Waals surface area contributed by atoms with E-state index < -0.39 is 6.10 Å². The van der Waals surface area contributed by atoms with Crippen molar-refractivity contribution in [3.8, 4) is 11.5 Å². The zero-order chi connectivity index (χ0) is 18.8. The number of aryl methyl sites for hydroxylation is 2. The smallest absolute Gasteiger partial charge is 0.220 e. The SMILES string of the molecule is CCOc1ccccc1CCC(=O)NCC(O)COc1cccc(C)c1. The second kappa shape index (κ2) is 10.5. The van der Waals surface area contributed by atoms with E-state index in [1.54, 1.807) is 0 Å². The van der Waals surface area contributed by atoms with E-state index in [4.69, 9.17) is 9.47 Å². The number of ether oxygens (including phenoxy) is 2. The Morgan fingerprint density at radius 3 is 2.73 bits per heavy atom. The van der Waals surface area contributed by atoms with Crippen LogP contribution in [0.3, 0.4) is 0 Å². The van der Waals surface area contributed by atoms with Gasteiger partial charge in [0.2, 0.25) is 5.91 Å². The molecule has 140 valence electrons. The average molecular weight is 357 g/mol. The molecule has 5 heteroatoms. The van der Waals surface area contributed by atoms with Crippen LogP contribution in [0.25, 0.3) is 0 Å². The highest BCUT2D eigenvalue weighted by molar-refractivity contribution is 5.76. The molecule has 2 rings (SSSR count). The molecule has 0 radical (unpaired) electrons. The van der Waals surface area contributed by atoms with Gasteiger partial charge in [-0.3, -0.25) is 4.79 Å². The fourth-order valence-corrected chi connectivity index (χ4v) is 2.53. The van der Waals surface area contributed by atoms with Crippen LogP contribution in [0, 0.1) is 6.92 Å². The van der Waals surface area contributed by atoms with E-state index in [9.17, 15) is 9.90 Å². The number of carbonyl (C=O) groups is 1. The van der Waals surface area contributed by atoms with Crippen LogP contribution in [0.15, 0.2) is 48.5 Å². The maximum Gasteiger partial charge on any atom is 0.220 e. The van der Waals surface area contributed by atoms with Gasteiger partial charge in [-0.1, -0.05) is 30.3 Å². The zero-order valence-electron chi connectivity index (χ0n) is 15.4. The number of aliphatic hydroxyl groups excluding tert-OH is 1. The second-order valence-corrected chi connectivity index (χ2v) is 6.13. The molecule has 5 nitrogen and oxygen atoms in total. The normalized spacial score (nSPS) is 11.7. The molecule has 2 aromatic rings. The Morgan fingerprint density at radius 2 is 1.96 bits per heavy atom. The van der Waals surface area contributed by atoms with Gasteiger partial charge >= 0.3 is 0 Å². The minimum atomic E-state index is -0.754. The van der Waals surface area contributed by atoms with E-state index in [1.807, 2.05) is 62.4 Å². The van der Waals surface area contributed by atoms with E-state index in [1.165, 1.54) is 0 Å². The molecule has 1 unspecified atom stereocenters. The summed E-state index contributed by atoms with van der Waals surface area (Å²) >= 11 is 0. The van der Waals surface area contributed by atoms with Crippen LogP contribution in [0.4, 0.5) is 0 Å². The summed E-state index contributed by atoms with van der Waals surface area (Å²) in [5.41, 5.74) is 2.10. The first kappa shape index (κ1) is 19.8. The van der Waals surface area contributed by atoms with Crippen molar-refractivity contribution in [2.75, 3.05) is 19.8 Å². The van der Waals surface area contributed by atoms with Crippen LogP contribution in [-0.4, -0.2) is 36.9 Å². The van der Waals surface area contributed by atoms with E-state index in [-0.39, 0.29) is 19.1 Å². The summed E-state index contributed by atoms with van der Waals surface area (Å²) < 4.78 is 11.1. The van der Waals surface area contributed by atoms with Gasteiger partial charge in [-0.15, -0.1) is 0 Å². The van der Waals surface area contributed by atoms with Gasteiger partial charge in [0.05, 0.1) is 6.61 Å². The molecule has 0 aliphatic rings. The standard InChI is InChI=1S/C21H27NO4/c1-3-25-20-10-5-4-8-17(20)11-12-21(24)22-14-18(23)15-26-19-9-6-7-16(2)13-19/h4-10,13,18,23H,3,11-12,14-15H2,1-2H3,(H,22,24). The van der Waals surface area contributed by atoms with Crippen LogP contribution in [0.5, 0.6) is 11.5 Å². The van der Waals surface area contributed by atoms with Gasteiger partial charge in [-0.2, -0.15) is 0 Å². The van der Waals surface area contributed by atoms with Crippen molar-refractivity contribution in [1.29, 1.82) is 0 Å². The first-order valence-corrected chi connectivity index (χ1v) is 8.93. The molecular weight excluding hydrogens is 330 g/mol. The predicted octanol–water partition coefficient (Wildman–Crippen LogP) is 2.88. The first-order chi connectivity index (χ1) is 12.6. The Morgan fingerprint density at radius 1 is 1.15 bits per heavy atom. The molecule has 0 spiro atoms. The Hall–Kier alpha value is -2.53. The lowest BCUT2D eigenvalue weighted by Gasteiger charge is -2.14. The van der Waals surface area contributed by atoms with Gasteiger partial charge in [-0.25, -0.2) is 0 Å². The summed E-state index contributed by atoms with van der Waals surface area (Å²) in [7, 11) is 0. The average Bonchev–Trinajstić information content (AvgIpc) is 2.64. The molecule has 0 saturated heterocycles. The van der Waals surface area contributed by atoms with E-state index in [0.29, 0.717) is 25.2 Å². The zero-order valence-corrected chi connectivity index (χ0v) is 15.4. The molecule has 0 aliphatic carbocycles. The van der Waals surface area contributed by atoms with Crippen LogP contribution in [-0.2, 0) is 11.2 Å². The number of para-hydroxylation sites is 1. The van der Waals surface area contributed by atoms with E-state index >= 15 is 0 Å². The first-order valence-electron chi connectivity index (χ1n) is 8.93. The summed E-state index contributed by atoms with van der Waals surface area (Å²) in [5, 5.41) is 12.7. The van der Waals surface area contributed by atoms with Crippen molar-refractivity contribution in [3.63, 3.8) is 0 Å². The Labute approximate surface area is 155 Å². The van der Waals surface area contributed by atoms with Crippen LogP contribution in [0.1, 0.15) is 24.5 Å². The van der Waals surface area contributed by atoms with Gasteiger partial charge < -0.3 is 19.9 Å². The fraction of sp³-hybridized carbons (Fsp3) is 0.381. The van der Waals surface area contributed by atoms with Crippen molar-refractivity contribution in [3.05, 3.63) is 59.7 Å². The van der Waals surface area contributed by atoms with Gasteiger partial charge in [0, 0.05) is 13.0 Å². The van der Waals surface area contributed by atoms with Crippen molar-refractivity contribution in [2.24, 2.45) is 0 Å². The molecule has 2 aromatic carbocycles. The lowest BCUT2D eigenvalue weighted by Crippen LogP contribution is -2.35. The van der Waals surface area contributed by atoms with Gasteiger partial charge in [0.25, 0.3) is 0 Å². The van der Waals surface area contributed by atoms with Crippen molar-refractivity contribution < 1.29 is 19.4 Å². The summed E-state index contributed by atoms with van der Waals surface area (Å²) in [6.45, 7) is 4.81. The van der Waals surface area contributed by atoms with Crippen molar-refractivity contribution in [1.82, 2.24) is 5.32 Å². The summed E-state index contributed by atoms with van der Waals surface area (Å²) in [4.78, 5) is 12.0. The Bertz CT molecular complexity index is 702. The maximum atomic E-state index is 12.0. The van der Waals surface area contributed by atoms with E-state index in [0.717, 1.165) is 16.9 Å². The summed E-state index contributed by atoms with van der Waals surface area (Å²) in [6, 6.07) is 15.3. The fourth-order valence-electron chi connectivity index (χ4n) is 2.53. The topological polar surface area (TPSA) is 67.8 Å². The lowest BCUT2D eigenvalue weighted by molar-refractivity contribution is -0.121. The van der Waals surface area contributed by atoms with Crippen molar-refractivity contribution in [2.45, 2.75) is 32.8 Å². The summed E-state index contributed by atoms with van der Waals surface area (Å²) in [5.74, 6) is 1.42. The number of hydrogen-bond acceptors (Lipinski definition) is 4. The molecule has 2 N–H and O–H groups in total. The highest BCUT2D eigenvalue weighted by Crippen LogP contribution is 2.19. The number of carbonyl (C=O) groups excluding carboxylic acids is 1. The monoisotopic (exact) mass is 357 g/mol. The molecule has 0 heterocycles. The number of nitrogens with one attached hydrogen (secondary N) is 1. The number of amides is 1. The van der Waals surface area contributed by atoms with E-state index in [2.05, 4.69) is 5.32 Å². The molecule has 0 saturated carbocycles. The number of hydrogen-bond donors (Lipinski definition) is 2. The van der Waals surface area contributed by atoms with Gasteiger partial charge in [0.15, 0.2) is 0 Å². The van der Waals surface area contributed by atoms with Crippen LogP contribution in [0.2, 0.25) is 0 Å². The molecule has 0 bridgehead atoms. The minimum absolute atomic E-state index is 0.106. The van der Waals surface area contributed by atoms with Crippen LogP contribution >= 0.6 is 0 Å².